The van der Waals surface area contributed by atoms with Gasteiger partial charge >= 0.3 is 6.18 Å². The molecular formula is C9H13ClF3NO2. The molecule has 1 amide bonds. The predicted octanol–water partition coefficient (Wildman–Crippen LogP) is 1.79. The minimum atomic E-state index is -4.47. The van der Waals surface area contributed by atoms with Gasteiger partial charge in [-0.05, 0) is 6.42 Å². The van der Waals surface area contributed by atoms with E-state index >= 15 is 0 Å². The molecular weight excluding hydrogens is 247 g/mol. The minimum absolute atomic E-state index is 0.392. The maximum Gasteiger partial charge on any atom is 0.420 e. The van der Waals surface area contributed by atoms with Crippen LogP contribution in [0.4, 0.5) is 13.2 Å². The molecule has 1 aliphatic rings. The Morgan fingerprint density at radius 1 is 1.56 bits per heavy atom. The van der Waals surface area contributed by atoms with Crippen LogP contribution >= 0.6 is 11.6 Å². The van der Waals surface area contributed by atoms with Crippen LogP contribution in [0.5, 0.6) is 0 Å². The lowest BCUT2D eigenvalue weighted by atomic mass is 9.92. The smallest absolute Gasteiger partial charge is 0.365 e. The van der Waals surface area contributed by atoms with Crippen LogP contribution < -0.4 is 0 Å². The van der Waals surface area contributed by atoms with E-state index in [1.807, 2.05) is 0 Å². The molecule has 1 fully saturated rings. The molecule has 0 spiro atoms. The number of alkyl halides is 4. The lowest BCUT2D eigenvalue weighted by Gasteiger charge is -2.49. The second-order valence-corrected chi connectivity index (χ2v) is 4.29. The summed E-state index contributed by atoms with van der Waals surface area (Å²) in [4.78, 5) is 12.5. The first-order chi connectivity index (χ1) is 7.27. The van der Waals surface area contributed by atoms with Gasteiger partial charge in [-0.2, -0.15) is 13.2 Å². The summed E-state index contributed by atoms with van der Waals surface area (Å²) >= 11 is 5.66. The second-order valence-electron chi connectivity index (χ2n) is 3.77. The van der Waals surface area contributed by atoms with Gasteiger partial charge in [-0.25, -0.2) is 0 Å². The number of carbonyl (C=O) groups excluding carboxylic acids is 1. The summed E-state index contributed by atoms with van der Waals surface area (Å²) in [6.07, 6.45) is -4.07. The van der Waals surface area contributed by atoms with Gasteiger partial charge in [-0.15, -0.1) is 11.6 Å². The molecule has 0 aromatic heterocycles. The molecule has 0 aromatic rings. The second kappa shape index (κ2) is 4.41. The molecule has 0 aromatic carbocycles. The van der Waals surface area contributed by atoms with Crippen molar-refractivity contribution in [2.24, 2.45) is 0 Å². The van der Waals surface area contributed by atoms with E-state index in [0.29, 0.717) is 6.42 Å². The molecule has 0 bridgehead atoms. The van der Waals surface area contributed by atoms with Gasteiger partial charge < -0.3 is 9.64 Å². The van der Waals surface area contributed by atoms with Crippen molar-refractivity contribution in [3.05, 3.63) is 0 Å². The SMILES string of the molecule is CC[C@H](Cl)C(=O)N1CC(OC)(C(F)(F)F)C1. The molecule has 1 heterocycles. The van der Waals surface area contributed by atoms with Crippen molar-refractivity contribution in [2.75, 3.05) is 20.2 Å². The number of nitrogens with zero attached hydrogens (tertiary/aromatic N) is 1. The molecule has 0 N–H and O–H groups in total. The van der Waals surface area contributed by atoms with Crippen molar-refractivity contribution in [1.29, 1.82) is 0 Å². The van der Waals surface area contributed by atoms with E-state index in [1.165, 1.54) is 0 Å². The van der Waals surface area contributed by atoms with E-state index in [9.17, 15) is 18.0 Å². The number of rotatable bonds is 3. The van der Waals surface area contributed by atoms with Gasteiger partial charge in [-0.3, -0.25) is 4.79 Å². The topological polar surface area (TPSA) is 29.5 Å². The third kappa shape index (κ3) is 2.13. The number of ether oxygens (including phenoxy) is 1. The summed E-state index contributed by atoms with van der Waals surface area (Å²) in [7, 11) is 0.993. The lowest BCUT2D eigenvalue weighted by Crippen LogP contribution is -2.71. The fraction of sp³-hybridized carbons (Fsp3) is 0.889. The quantitative estimate of drug-likeness (QED) is 0.724. The van der Waals surface area contributed by atoms with E-state index < -0.39 is 36.2 Å². The van der Waals surface area contributed by atoms with Crippen molar-refractivity contribution in [2.45, 2.75) is 30.5 Å². The number of likely N-dealkylation sites (tertiary alicyclic amines) is 1. The summed E-state index contributed by atoms with van der Waals surface area (Å²) in [5.74, 6) is -0.471. The van der Waals surface area contributed by atoms with E-state index in [1.54, 1.807) is 6.92 Å². The number of hydrogen-bond acceptors (Lipinski definition) is 2. The first-order valence-corrected chi connectivity index (χ1v) is 5.26. The maximum absolute atomic E-state index is 12.6. The largest absolute Gasteiger partial charge is 0.420 e. The van der Waals surface area contributed by atoms with Gasteiger partial charge in [0.2, 0.25) is 5.91 Å². The lowest BCUT2D eigenvalue weighted by molar-refractivity contribution is -0.306. The van der Waals surface area contributed by atoms with Crippen molar-refractivity contribution in [1.82, 2.24) is 4.90 Å². The fourth-order valence-electron chi connectivity index (χ4n) is 1.52. The molecule has 3 nitrogen and oxygen atoms in total. The highest BCUT2D eigenvalue weighted by atomic mass is 35.5. The highest BCUT2D eigenvalue weighted by Crippen LogP contribution is 2.40. The van der Waals surface area contributed by atoms with Gasteiger partial charge in [0, 0.05) is 7.11 Å². The van der Waals surface area contributed by atoms with Crippen LogP contribution in [0.15, 0.2) is 0 Å². The normalized spacial score (nSPS) is 21.5. The van der Waals surface area contributed by atoms with Crippen molar-refractivity contribution >= 4 is 17.5 Å². The summed E-state index contributed by atoms with van der Waals surface area (Å²) in [6, 6.07) is 0. The molecule has 0 unspecified atom stereocenters. The first kappa shape index (κ1) is 13.6. The first-order valence-electron chi connectivity index (χ1n) is 4.82. The summed E-state index contributed by atoms with van der Waals surface area (Å²) in [5, 5.41) is -0.761. The van der Waals surface area contributed by atoms with Gasteiger partial charge in [0.15, 0.2) is 5.60 Å². The zero-order chi connectivity index (χ0) is 12.6. The summed E-state index contributed by atoms with van der Waals surface area (Å²) < 4.78 is 42.2. The van der Waals surface area contributed by atoms with E-state index in [4.69, 9.17) is 11.6 Å². The van der Waals surface area contributed by atoms with E-state index in [0.717, 1.165) is 12.0 Å². The zero-order valence-corrected chi connectivity index (χ0v) is 9.73. The highest BCUT2D eigenvalue weighted by molar-refractivity contribution is 6.30. The number of methoxy groups -OCH3 is 1. The van der Waals surface area contributed by atoms with Crippen LogP contribution in [0.2, 0.25) is 0 Å². The van der Waals surface area contributed by atoms with Gasteiger partial charge in [-0.1, -0.05) is 6.92 Å². The molecule has 1 atom stereocenters. The number of carbonyl (C=O) groups is 1. The molecule has 1 rings (SSSR count). The number of hydrogen-bond donors (Lipinski definition) is 0. The van der Waals surface area contributed by atoms with Crippen molar-refractivity contribution in [3.8, 4) is 0 Å². The molecule has 1 saturated heterocycles. The Kier molecular flexibility index (Phi) is 3.74. The Labute approximate surface area is 96.5 Å². The Bertz CT molecular complexity index is 276. The molecule has 1 aliphatic heterocycles. The Morgan fingerprint density at radius 3 is 2.38 bits per heavy atom. The van der Waals surface area contributed by atoms with Crippen LogP contribution in [0.1, 0.15) is 13.3 Å². The predicted molar refractivity (Wildman–Crippen MR) is 52.3 cm³/mol. The van der Waals surface area contributed by atoms with Crippen LogP contribution in [-0.4, -0.2) is 48.2 Å². The Balaban J connectivity index is 2.62. The minimum Gasteiger partial charge on any atom is -0.365 e. The Hall–Kier alpha value is -0.490. The third-order valence-corrected chi connectivity index (χ3v) is 3.23. The molecule has 0 saturated carbocycles. The zero-order valence-electron chi connectivity index (χ0n) is 8.97. The van der Waals surface area contributed by atoms with Gasteiger partial charge in [0.1, 0.15) is 5.38 Å². The van der Waals surface area contributed by atoms with Crippen LogP contribution in [-0.2, 0) is 9.53 Å². The average molecular weight is 260 g/mol. The highest BCUT2D eigenvalue weighted by Gasteiger charge is 2.63. The Morgan fingerprint density at radius 2 is 2.06 bits per heavy atom. The molecule has 7 heteroatoms. The average Bonchev–Trinajstić information content (AvgIpc) is 2.13. The van der Waals surface area contributed by atoms with E-state index in [2.05, 4.69) is 4.74 Å². The van der Waals surface area contributed by atoms with Crippen LogP contribution in [0, 0.1) is 0 Å². The summed E-state index contributed by atoms with van der Waals surface area (Å²) in [5.41, 5.74) is -2.22. The van der Waals surface area contributed by atoms with E-state index in [-0.39, 0.29) is 0 Å². The molecule has 16 heavy (non-hydrogen) atoms. The van der Waals surface area contributed by atoms with Gasteiger partial charge in [0.25, 0.3) is 0 Å². The molecule has 0 aliphatic carbocycles. The maximum atomic E-state index is 12.6. The van der Waals surface area contributed by atoms with Crippen molar-refractivity contribution < 1.29 is 22.7 Å². The third-order valence-electron chi connectivity index (χ3n) is 2.74. The summed E-state index contributed by atoms with van der Waals surface area (Å²) in [6.45, 7) is 0.743. The monoisotopic (exact) mass is 259 g/mol. The fourth-order valence-corrected chi connectivity index (χ4v) is 1.66. The number of halogens is 4. The van der Waals surface area contributed by atoms with Gasteiger partial charge in [0.05, 0.1) is 13.1 Å². The molecule has 0 radical (unpaired) electrons. The van der Waals surface area contributed by atoms with Crippen LogP contribution in [0.3, 0.4) is 0 Å². The molecule has 94 valence electrons. The van der Waals surface area contributed by atoms with Crippen LogP contribution in [0.25, 0.3) is 0 Å². The number of amides is 1. The standard InChI is InChI=1S/C9H13ClF3NO2/c1-3-6(10)7(15)14-4-8(5-14,16-2)9(11,12)13/h6H,3-5H2,1-2H3/t6-/m0/s1. The van der Waals surface area contributed by atoms with Crippen molar-refractivity contribution in [3.63, 3.8) is 0 Å².